The molecule has 2 N–H and O–H groups in total. The first-order valence-electron chi connectivity index (χ1n) is 9.06. The maximum atomic E-state index is 10.5. The molecule has 0 spiro atoms. The van der Waals surface area contributed by atoms with Crippen molar-refractivity contribution in [3.05, 3.63) is 47.1 Å². The van der Waals surface area contributed by atoms with Crippen LogP contribution in [-0.2, 0) is 6.42 Å². The lowest BCUT2D eigenvalue weighted by molar-refractivity contribution is 0.406. The van der Waals surface area contributed by atoms with Crippen molar-refractivity contribution in [3.8, 4) is 11.5 Å². The molecule has 1 aromatic carbocycles. The molecule has 0 fully saturated rings. The smallest absolute Gasteiger partial charge is 0.123 e. The topological polar surface area (TPSA) is 40.5 Å². The maximum absolute atomic E-state index is 10.5. The molecule has 0 saturated heterocycles. The van der Waals surface area contributed by atoms with Crippen molar-refractivity contribution in [1.29, 1.82) is 0 Å². The molecule has 0 aliphatic heterocycles. The first-order valence-corrected chi connectivity index (χ1v) is 7.56. The molecule has 21 heavy (non-hydrogen) atoms. The Labute approximate surface area is 132 Å². The molecule has 2 rings (SSSR count). The van der Waals surface area contributed by atoms with Crippen molar-refractivity contribution in [2.75, 3.05) is 0 Å². The summed E-state index contributed by atoms with van der Waals surface area (Å²) in [5.41, 5.74) is 2.60. The predicted molar refractivity (Wildman–Crippen MR) is 87.8 cm³/mol. The number of aryl methyl sites for hydroxylation is 1. The molecule has 0 heterocycles. The van der Waals surface area contributed by atoms with Gasteiger partial charge < -0.3 is 10.2 Å². The Kier molecular flexibility index (Phi) is 3.62. The fraction of sp³-hybridized carbons (Fsp3) is 0.474. The highest BCUT2D eigenvalue weighted by atomic mass is 16.3. The van der Waals surface area contributed by atoms with Gasteiger partial charge >= 0.3 is 0 Å². The molecule has 0 bridgehead atoms. The van der Waals surface area contributed by atoms with E-state index < -0.39 is 6.85 Å². The molecule has 0 aromatic heterocycles. The van der Waals surface area contributed by atoms with E-state index >= 15 is 0 Å². The van der Waals surface area contributed by atoms with E-state index in [0.29, 0.717) is 24.0 Å². The number of hydrogen-bond donors (Lipinski definition) is 2. The lowest BCUT2D eigenvalue weighted by Crippen LogP contribution is -2.17. The first kappa shape index (κ1) is 11.9. The Bertz CT molecular complexity index is 636. The molecule has 2 nitrogen and oxygen atoms in total. The summed E-state index contributed by atoms with van der Waals surface area (Å²) in [4.78, 5) is 0. The second kappa shape index (κ2) is 6.38. The molecular formula is C19H26O2. The van der Waals surface area contributed by atoms with Crippen LogP contribution < -0.4 is 0 Å². The van der Waals surface area contributed by atoms with Crippen LogP contribution in [0.1, 0.15) is 61.1 Å². The van der Waals surface area contributed by atoms with Gasteiger partial charge in [0, 0.05) is 15.6 Å². The van der Waals surface area contributed by atoms with Crippen LogP contribution in [0.25, 0.3) is 0 Å². The summed E-state index contributed by atoms with van der Waals surface area (Å²) < 4.78 is 23.0. The third kappa shape index (κ3) is 3.31. The number of phenolic OH excluding ortho intramolecular Hbond substituents is 2. The largest absolute Gasteiger partial charge is 0.507 e. The Morgan fingerprint density at radius 1 is 1.38 bits per heavy atom. The molecule has 0 saturated carbocycles. The summed E-state index contributed by atoms with van der Waals surface area (Å²) in [5, 5.41) is 21.0. The van der Waals surface area contributed by atoms with Gasteiger partial charge in [0.05, 0.1) is 0 Å². The van der Waals surface area contributed by atoms with Gasteiger partial charge in [-0.25, -0.2) is 0 Å². The Morgan fingerprint density at radius 3 is 2.57 bits per heavy atom. The van der Waals surface area contributed by atoms with Gasteiger partial charge in [-0.1, -0.05) is 37.1 Å². The molecule has 2 atom stereocenters. The van der Waals surface area contributed by atoms with E-state index in [1.165, 1.54) is 0 Å². The molecule has 0 radical (unpaired) electrons. The third-order valence-corrected chi connectivity index (χ3v) is 4.24. The van der Waals surface area contributed by atoms with E-state index in [1.54, 1.807) is 18.2 Å². The Morgan fingerprint density at radius 2 is 2.05 bits per heavy atom. The van der Waals surface area contributed by atoms with Crippen molar-refractivity contribution < 1.29 is 14.3 Å². The van der Waals surface area contributed by atoms with Crippen LogP contribution in [0, 0.1) is 5.92 Å². The summed E-state index contributed by atoms with van der Waals surface area (Å²) in [6.45, 7) is 5.81. The van der Waals surface area contributed by atoms with Gasteiger partial charge in [-0.2, -0.15) is 0 Å². The maximum Gasteiger partial charge on any atom is 0.123 e. The molecule has 114 valence electrons. The fourth-order valence-electron chi connectivity index (χ4n) is 3.20. The number of aromatic hydroxyl groups is 2. The molecule has 1 aliphatic carbocycles. The fourth-order valence-corrected chi connectivity index (χ4v) is 3.20. The van der Waals surface area contributed by atoms with E-state index in [-0.39, 0.29) is 23.3 Å². The quantitative estimate of drug-likeness (QED) is 0.760. The highest BCUT2D eigenvalue weighted by Gasteiger charge is 2.29. The highest BCUT2D eigenvalue weighted by molar-refractivity contribution is 5.51. The minimum Gasteiger partial charge on any atom is -0.507 e. The van der Waals surface area contributed by atoms with Crippen LogP contribution in [0.4, 0.5) is 0 Å². The second-order valence-electron chi connectivity index (χ2n) is 6.01. The zero-order chi connectivity index (χ0) is 18.1. The Hall–Kier alpha value is -1.70. The molecular weight excluding hydrogens is 260 g/mol. The lowest BCUT2D eigenvalue weighted by Gasteiger charge is -2.31. The van der Waals surface area contributed by atoms with E-state index in [1.807, 2.05) is 13.8 Å². The lowest BCUT2D eigenvalue weighted by atomic mass is 9.73. The van der Waals surface area contributed by atoms with Crippen LogP contribution >= 0.6 is 0 Å². The van der Waals surface area contributed by atoms with Gasteiger partial charge in [0.15, 0.2) is 0 Å². The van der Waals surface area contributed by atoms with Gasteiger partial charge in [0.25, 0.3) is 0 Å². The van der Waals surface area contributed by atoms with Crippen LogP contribution in [0.5, 0.6) is 11.5 Å². The minimum atomic E-state index is -2.15. The summed E-state index contributed by atoms with van der Waals surface area (Å²) in [5.74, 6) is -0.317. The van der Waals surface area contributed by atoms with E-state index in [4.69, 9.17) is 4.11 Å². The van der Waals surface area contributed by atoms with Crippen molar-refractivity contribution in [2.45, 2.75) is 52.3 Å². The van der Waals surface area contributed by atoms with E-state index in [2.05, 4.69) is 6.58 Å². The number of hydrogen-bond acceptors (Lipinski definition) is 2. The number of allylic oxidation sites excluding steroid dienone is 3. The summed E-state index contributed by atoms with van der Waals surface area (Å²) in [6.07, 6.45) is 4.52. The van der Waals surface area contributed by atoms with Crippen molar-refractivity contribution in [1.82, 2.24) is 0 Å². The SMILES string of the molecule is [2H]C([2H])([2H])C1=C[C@@H](c2c(O)cc(CCC)cc2O)[C@H](C(=C)C)CC1. The minimum absolute atomic E-state index is 0.00456. The van der Waals surface area contributed by atoms with Crippen molar-refractivity contribution >= 4 is 0 Å². The summed E-state index contributed by atoms with van der Waals surface area (Å²) >= 11 is 0. The van der Waals surface area contributed by atoms with E-state index in [0.717, 1.165) is 24.0 Å². The Balaban J connectivity index is 2.54. The first-order chi connectivity index (χ1) is 11.1. The normalized spacial score (nSPS) is 24.7. The molecule has 1 aliphatic rings. The van der Waals surface area contributed by atoms with Gasteiger partial charge in [0.1, 0.15) is 11.5 Å². The average molecular weight is 289 g/mol. The average Bonchev–Trinajstić information content (AvgIpc) is 2.45. The van der Waals surface area contributed by atoms with Crippen molar-refractivity contribution in [3.63, 3.8) is 0 Å². The van der Waals surface area contributed by atoms with Crippen LogP contribution in [0.3, 0.4) is 0 Å². The molecule has 0 amide bonds. The van der Waals surface area contributed by atoms with Crippen molar-refractivity contribution in [2.24, 2.45) is 5.92 Å². The second-order valence-corrected chi connectivity index (χ2v) is 6.01. The molecule has 1 aromatic rings. The zero-order valence-corrected chi connectivity index (χ0v) is 12.8. The monoisotopic (exact) mass is 289 g/mol. The van der Waals surface area contributed by atoms with Gasteiger partial charge in [-0.05, 0) is 56.7 Å². The molecule has 2 heteroatoms. The third-order valence-electron chi connectivity index (χ3n) is 4.24. The summed E-state index contributed by atoms with van der Waals surface area (Å²) in [7, 11) is 0. The number of phenols is 2. The molecule has 0 unspecified atom stereocenters. The zero-order valence-electron chi connectivity index (χ0n) is 15.8. The summed E-state index contributed by atoms with van der Waals surface area (Å²) in [6, 6.07) is 3.34. The van der Waals surface area contributed by atoms with Gasteiger partial charge in [-0.15, -0.1) is 0 Å². The van der Waals surface area contributed by atoms with Gasteiger partial charge in [0.2, 0.25) is 0 Å². The van der Waals surface area contributed by atoms with Crippen LogP contribution in [0.15, 0.2) is 35.9 Å². The van der Waals surface area contributed by atoms with Crippen LogP contribution in [0.2, 0.25) is 0 Å². The van der Waals surface area contributed by atoms with Gasteiger partial charge in [-0.3, -0.25) is 0 Å². The predicted octanol–water partition coefficient (Wildman–Crippen LogP) is 5.07. The number of rotatable bonds is 4. The highest BCUT2D eigenvalue weighted by Crippen LogP contribution is 2.46. The number of benzene rings is 1. The standard InChI is InChI=1S/C19H26O2/c1-5-6-14-10-17(20)19(18(21)11-14)16-9-13(4)7-8-15(16)12(2)3/h9-11,15-16,20-21H,2,5-8H2,1,3-4H3/t15-,16+/m0/s1/i4D3. The van der Waals surface area contributed by atoms with E-state index in [9.17, 15) is 10.2 Å². The van der Waals surface area contributed by atoms with Crippen LogP contribution in [-0.4, -0.2) is 10.2 Å².